The Morgan fingerprint density at radius 2 is 2.47 bits per heavy atom. The van der Waals surface area contributed by atoms with Crippen LogP contribution in [0.25, 0.3) is 5.65 Å². The Kier molecular flexibility index (Phi) is 2.37. The van der Waals surface area contributed by atoms with Crippen molar-refractivity contribution in [3.05, 3.63) is 30.2 Å². The Balaban J connectivity index is 2.32. The Morgan fingerprint density at radius 3 is 3.20 bits per heavy atom. The van der Waals surface area contributed by atoms with Crippen molar-refractivity contribution in [3.8, 4) is 0 Å². The third kappa shape index (κ3) is 1.81. The lowest BCUT2D eigenvalue weighted by Gasteiger charge is -2.03. The molecule has 0 amide bonds. The Hall–Kier alpha value is -1.91. The Morgan fingerprint density at radius 1 is 1.67 bits per heavy atom. The highest BCUT2D eigenvalue weighted by Gasteiger charge is 2.14. The van der Waals surface area contributed by atoms with Crippen LogP contribution in [0, 0.1) is 5.92 Å². The number of hydrogen-bond acceptors (Lipinski definition) is 3. The van der Waals surface area contributed by atoms with E-state index in [0.29, 0.717) is 6.42 Å². The van der Waals surface area contributed by atoms with Crippen molar-refractivity contribution >= 4 is 11.6 Å². The van der Waals surface area contributed by atoms with Gasteiger partial charge in [0, 0.05) is 18.0 Å². The molecule has 2 aromatic heterocycles. The van der Waals surface area contributed by atoms with Crippen LogP contribution >= 0.6 is 0 Å². The molecule has 15 heavy (non-hydrogen) atoms. The molecule has 5 heteroatoms. The quantitative estimate of drug-likeness (QED) is 0.811. The summed E-state index contributed by atoms with van der Waals surface area (Å²) in [5.41, 5.74) is 1.59. The number of carboxylic acid groups (broad SMARTS) is 1. The summed E-state index contributed by atoms with van der Waals surface area (Å²) in [5.74, 6) is -1.22. The van der Waals surface area contributed by atoms with Crippen LogP contribution in [0.4, 0.5) is 0 Å². The Bertz CT molecular complexity index is 492. The summed E-state index contributed by atoms with van der Waals surface area (Å²) in [6.07, 6.45) is 5.58. The first-order valence-corrected chi connectivity index (χ1v) is 4.68. The Labute approximate surface area is 86.4 Å². The fourth-order valence-corrected chi connectivity index (χ4v) is 1.44. The number of carboxylic acids is 1. The molecule has 0 aliphatic carbocycles. The van der Waals surface area contributed by atoms with Gasteiger partial charge in [0.15, 0.2) is 5.65 Å². The van der Waals surface area contributed by atoms with Crippen LogP contribution in [0.1, 0.15) is 12.5 Å². The molecular formula is C10H11N3O2. The molecule has 1 N–H and O–H groups in total. The highest BCUT2D eigenvalue weighted by atomic mass is 16.4. The number of carbonyl (C=O) groups is 1. The van der Waals surface area contributed by atoms with Crippen molar-refractivity contribution < 1.29 is 9.90 Å². The summed E-state index contributed by atoms with van der Waals surface area (Å²) in [4.78, 5) is 14.9. The molecule has 0 saturated carbocycles. The van der Waals surface area contributed by atoms with E-state index in [1.807, 2.05) is 0 Å². The summed E-state index contributed by atoms with van der Waals surface area (Å²) >= 11 is 0. The molecule has 0 aliphatic heterocycles. The van der Waals surface area contributed by atoms with E-state index in [0.717, 1.165) is 11.2 Å². The number of rotatable bonds is 3. The minimum absolute atomic E-state index is 0.417. The monoisotopic (exact) mass is 205 g/mol. The van der Waals surface area contributed by atoms with E-state index in [9.17, 15) is 4.79 Å². The fraction of sp³-hybridized carbons (Fsp3) is 0.300. The lowest BCUT2D eigenvalue weighted by atomic mass is 10.0. The maximum atomic E-state index is 10.7. The van der Waals surface area contributed by atoms with E-state index in [4.69, 9.17) is 5.11 Å². The molecule has 1 atom stereocenters. The van der Waals surface area contributed by atoms with E-state index in [-0.39, 0.29) is 0 Å². The first-order valence-electron chi connectivity index (χ1n) is 4.68. The normalized spacial score (nSPS) is 12.9. The molecular weight excluding hydrogens is 194 g/mol. The molecule has 1 unspecified atom stereocenters. The van der Waals surface area contributed by atoms with Crippen molar-refractivity contribution in [2.75, 3.05) is 0 Å². The number of fused-ring (bicyclic) bond motifs is 1. The van der Waals surface area contributed by atoms with Gasteiger partial charge >= 0.3 is 5.97 Å². The molecule has 2 heterocycles. The van der Waals surface area contributed by atoms with E-state index < -0.39 is 11.9 Å². The van der Waals surface area contributed by atoms with E-state index >= 15 is 0 Å². The largest absolute Gasteiger partial charge is 0.481 e. The minimum atomic E-state index is -0.801. The smallest absolute Gasteiger partial charge is 0.306 e. The van der Waals surface area contributed by atoms with Gasteiger partial charge in [-0.1, -0.05) is 6.92 Å². The van der Waals surface area contributed by atoms with Crippen LogP contribution in [0.5, 0.6) is 0 Å². The zero-order valence-corrected chi connectivity index (χ0v) is 8.29. The van der Waals surface area contributed by atoms with E-state index in [2.05, 4.69) is 10.1 Å². The van der Waals surface area contributed by atoms with Crippen molar-refractivity contribution in [1.82, 2.24) is 14.6 Å². The maximum absolute atomic E-state index is 10.7. The third-order valence-electron chi connectivity index (χ3n) is 2.30. The second-order valence-electron chi connectivity index (χ2n) is 3.50. The molecule has 0 fully saturated rings. The van der Waals surface area contributed by atoms with E-state index in [1.165, 1.54) is 0 Å². The topological polar surface area (TPSA) is 67.5 Å². The minimum Gasteiger partial charge on any atom is -0.481 e. The number of aliphatic carboxylic acids is 1. The van der Waals surface area contributed by atoms with Gasteiger partial charge in [-0.25, -0.2) is 9.50 Å². The fourth-order valence-electron chi connectivity index (χ4n) is 1.44. The predicted octanol–water partition coefficient (Wildman–Crippen LogP) is 0.992. The molecule has 0 aliphatic rings. The first kappa shape index (κ1) is 9.64. The summed E-state index contributed by atoms with van der Waals surface area (Å²) in [6, 6.07) is 1.78. The first-order chi connectivity index (χ1) is 7.18. The van der Waals surface area contributed by atoms with Crippen molar-refractivity contribution in [2.45, 2.75) is 13.3 Å². The van der Waals surface area contributed by atoms with E-state index in [1.54, 1.807) is 36.1 Å². The molecule has 2 aromatic rings. The van der Waals surface area contributed by atoms with Crippen LogP contribution in [0.15, 0.2) is 24.7 Å². The van der Waals surface area contributed by atoms with Crippen molar-refractivity contribution in [2.24, 2.45) is 5.92 Å². The maximum Gasteiger partial charge on any atom is 0.306 e. The second kappa shape index (κ2) is 3.68. The van der Waals surface area contributed by atoms with Crippen LogP contribution in [0.2, 0.25) is 0 Å². The van der Waals surface area contributed by atoms with Crippen LogP contribution in [-0.2, 0) is 11.2 Å². The van der Waals surface area contributed by atoms with Gasteiger partial charge in [-0.15, -0.1) is 0 Å². The predicted molar refractivity (Wildman–Crippen MR) is 53.5 cm³/mol. The molecule has 0 aromatic carbocycles. The van der Waals surface area contributed by atoms with Crippen molar-refractivity contribution in [3.63, 3.8) is 0 Å². The molecule has 78 valence electrons. The average Bonchev–Trinajstić information content (AvgIpc) is 2.62. The van der Waals surface area contributed by atoms with Gasteiger partial charge in [-0.2, -0.15) is 5.10 Å². The van der Waals surface area contributed by atoms with Crippen molar-refractivity contribution in [1.29, 1.82) is 0 Å². The molecule has 2 rings (SSSR count). The van der Waals surface area contributed by atoms with Gasteiger partial charge in [0.05, 0.1) is 12.1 Å². The molecule has 0 spiro atoms. The second-order valence-corrected chi connectivity index (χ2v) is 3.50. The highest BCUT2D eigenvalue weighted by Crippen LogP contribution is 2.12. The van der Waals surface area contributed by atoms with Gasteiger partial charge in [-0.05, 0) is 12.5 Å². The number of hydrogen-bond donors (Lipinski definition) is 1. The summed E-state index contributed by atoms with van der Waals surface area (Å²) < 4.78 is 1.64. The van der Waals surface area contributed by atoms with Gasteiger partial charge in [0.25, 0.3) is 0 Å². The zero-order valence-electron chi connectivity index (χ0n) is 8.29. The lowest BCUT2D eigenvalue weighted by Crippen LogP contribution is -2.12. The SMILES string of the molecule is CC(Cc1cnn2cccnc12)C(=O)O. The van der Waals surface area contributed by atoms with Crippen LogP contribution in [0.3, 0.4) is 0 Å². The molecule has 0 saturated heterocycles. The van der Waals surface area contributed by atoms with Gasteiger partial charge < -0.3 is 5.11 Å². The molecule has 5 nitrogen and oxygen atoms in total. The third-order valence-corrected chi connectivity index (χ3v) is 2.30. The lowest BCUT2D eigenvalue weighted by molar-refractivity contribution is -0.141. The highest BCUT2D eigenvalue weighted by molar-refractivity contribution is 5.70. The molecule has 0 radical (unpaired) electrons. The summed E-state index contributed by atoms with van der Waals surface area (Å²) in [6.45, 7) is 1.68. The van der Waals surface area contributed by atoms with Crippen LogP contribution < -0.4 is 0 Å². The standard InChI is InChI=1S/C10H11N3O2/c1-7(10(14)15)5-8-6-12-13-4-2-3-11-9(8)13/h2-4,6-7H,5H2,1H3,(H,14,15). The van der Waals surface area contributed by atoms with Gasteiger partial charge in [-0.3, -0.25) is 4.79 Å². The van der Waals surface area contributed by atoms with Crippen LogP contribution in [-0.4, -0.2) is 25.7 Å². The number of nitrogens with zero attached hydrogens (tertiary/aromatic N) is 3. The molecule has 0 bridgehead atoms. The van der Waals surface area contributed by atoms with Gasteiger partial charge in [0.1, 0.15) is 0 Å². The zero-order chi connectivity index (χ0) is 10.8. The number of aromatic nitrogens is 3. The van der Waals surface area contributed by atoms with Gasteiger partial charge in [0.2, 0.25) is 0 Å². The summed E-state index contributed by atoms with van der Waals surface area (Å²) in [7, 11) is 0. The average molecular weight is 205 g/mol. The summed E-state index contributed by atoms with van der Waals surface area (Å²) in [5, 5.41) is 12.9.